The van der Waals surface area contributed by atoms with Crippen LogP contribution < -0.4 is 0 Å². The van der Waals surface area contributed by atoms with E-state index in [4.69, 9.17) is 0 Å². The lowest BCUT2D eigenvalue weighted by Gasteiger charge is -2.18. The summed E-state index contributed by atoms with van der Waals surface area (Å²) in [5, 5.41) is 5.31. The largest absolute Gasteiger partial charge is 0.272 e. The number of rotatable bonds is 2. The summed E-state index contributed by atoms with van der Waals surface area (Å²) < 4.78 is 0.940. The van der Waals surface area contributed by atoms with Crippen LogP contribution in [0.5, 0.6) is 0 Å². The third-order valence-corrected chi connectivity index (χ3v) is 6.49. The molecule has 5 heteroatoms. The molecule has 2 saturated carbocycles. The molecule has 23 heavy (non-hydrogen) atoms. The van der Waals surface area contributed by atoms with E-state index in [0.717, 1.165) is 27.9 Å². The fraction of sp³-hybridized carbons (Fsp3) is 0.389. The van der Waals surface area contributed by atoms with Crippen LogP contribution >= 0.6 is 15.9 Å². The molecule has 1 spiro atoms. The first-order valence-electron chi connectivity index (χ1n) is 7.97. The first kappa shape index (κ1) is 13.7. The van der Waals surface area contributed by atoms with Crippen LogP contribution in [0.25, 0.3) is 0 Å². The van der Waals surface area contributed by atoms with Crippen LogP contribution in [0.1, 0.15) is 18.4 Å². The second kappa shape index (κ2) is 4.41. The Kier molecular flexibility index (Phi) is 2.62. The number of hydrogen-bond donors (Lipinski definition) is 0. The van der Waals surface area contributed by atoms with Gasteiger partial charge in [0.05, 0.1) is 18.1 Å². The number of amides is 2. The lowest BCUT2D eigenvalue weighted by Crippen LogP contribution is -2.30. The first-order chi connectivity index (χ1) is 11.1. The minimum absolute atomic E-state index is 0.116. The molecule has 1 aromatic carbocycles. The molecule has 2 bridgehead atoms. The predicted molar refractivity (Wildman–Crippen MR) is 88.4 cm³/mol. The summed E-state index contributed by atoms with van der Waals surface area (Å²) in [6.07, 6.45) is 8.25. The lowest BCUT2D eigenvalue weighted by molar-refractivity contribution is -0.141. The zero-order valence-corrected chi connectivity index (χ0v) is 13.9. The summed E-state index contributed by atoms with van der Waals surface area (Å²) >= 11 is 3.40. The molecule has 1 aromatic rings. The van der Waals surface area contributed by atoms with E-state index in [1.54, 1.807) is 6.21 Å². The van der Waals surface area contributed by atoms with E-state index < -0.39 is 0 Å². The van der Waals surface area contributed by atoms with Gasteiger partial charge in [-0.25, -0.2) is 0 Å². The summed E-state index contributed by atoms with van der Waals surface area (Å²) in [4.78, 5) is 25.5. The number of benzene rings is 1. The zero-order chi connectivity index (χ0) is 15.8. The molecule has 1 heterocycles. The quantitative estimate of drug-likeness (QED) is 0.456. The molecule has 0 aromatic heterocycles. The van der Waals surface area contributed by atoms with Crippen LogP contribution in [0.3, 0.4) is 0 Å². The molecule has 3 aliphatic carbocycles. The van der Waals surface area contributed by atoms with E-state index >= 15 is 0 Å². The number of hydrogen-bond acceptors (Lipinski definition) is 3. The fourth-order valence-corrected chi connectivity index (χ4v) is 5.30. The van der Waals surface area contributed by atoms with Crippen LogP contribution in [0.15, 0.2) is 46.0 Å². The highest BCUT2D eigenvalue weighted by atomic mass is 79.9. The molecule has 4 atom stereocenters. The summed E-state index contributed by atoms with van der Waals surface area (Å²) in [5.74, 6) is -0.0943. The number of hydrazone groups is 1. The maximum atomic E-state index is 12.7. The maximum Gasteiger partial charge on any atom is 0.254 e. The van der Waals surface area contributed by atoms with E-state index in [1.165, 1.54) is 0 Å². The molecule has 1 aliphatic heterocycles. The van der Waals surface area contributed by atoms with E-state index in [1.807, 2.05) is 24.3 Å². The van der Waals surface area contributed by atoms with Gasteiger partial charge in [-0.1, -0.05) is 40.2 Å². The SMILES string of the molecule is O=C1[C@@H]2[C@H](C(=O)N1/N=C\c1cccc(Br)c1)[C@@H]1C=C[C@@H]2C12CC2. The number of halogens is 1. The summed E-state index contributed by atoms with van der Waals surface area (Å²) in [7, 11) is 0. The van der Waals surface area contributed by atoms with Crippen molar-refractivity contribution in [2.45, 2.75) is 12.8 Å². The van der Waals surface area contributed by atoms with Crippen LogP contribution in [0, 0.1) is 29.1 Å². The summed E-state index contributed by atoms with van der Waals surface area (Å²) in [6, 6.07) is 7.62. The number of imide groups is 1. The van der Waals surface area contributed by atoms with Gasteiger partial charge in [-0.2, -0.15) is 10.1 Å². The Morgan fingerprint density at radius 3 is 2.35 bits per heavy atom. The van der Waals surface area contributed by atoms with Crippen molar-refractivity contribution < 1.29 is 9.59 Å². The lowest BCUT2D eigenvalue weighted by atomic mass is 9.85. The van der Waals surface area contributed by atoms with Gasteiger partial charge in [-0.05, 0) is 47.8 Å². The van der Waals surface area contributed by atoms with Gasteiger partial charge in [-0.15, -0.1) is 0 Å². The average molecular weight is 371 g/mol. The van der Waals surface area contributed by atoms with Crippen molar-refractivity contribution in [2.24, 2.45) is 34.2 Å². The highest BCUT2D eigenvalue weighted by Crippen LogP contribution is 2.73. The molecule has 5 rings (SSSR count). The minimum Gasteiger partial charge on any atom is -0.272 e. The second-order valence-corrected chi connectivity index (χ2v) is 7.92. The van der Waals surface area contributed by atoms with Gasteiger partial charge < -0.3 is 0 Å². The van der Waals surface area contributed by atoms with Gasteiger partial charge in [0.15, 0.2) is 0 Å². The Hall–Kier alpha value is -1.75. The Labute approximate surface area is 142 Å². The molecule has 1 saturated heterocycles. The molecule has 116 valence electrons. The standard InChI is InChI=1S/C18H15BrN2O2/c19-11-3-1-2-10(8-11)9-20-21-16(22)14-12-4-5-13(15(14)17(21)23)18(12)6-7-18/h1-5,8-9,12-15H,6-7H2/b20-9-/t12-,13-,14-,15+/m0/s1. The topological polar surface area (TPSA) is 49.7 Å². The van der Waals surface area contributed by atoms with Crippen molar-refractivity contribution in [3.63, 3.8) is 0 Å². The van der Waals surface area contributed by atoms with Gasteiger partial charge in [0.1, 0.15) is 0 Å². The smallest absolute Gasteiger partial charge is 0.254 e. The monoisotopic (exact) mass is 370 g/mol. The number of allylic oxidation sites excluding steroid dienone is 2. The minimum atomic E-state index is -0.181. The highest BCUT2D eigenvalue weighted by Gasteiger charge is 2.73. The van der Waals surface area contributed by atoms with Crippen LogP contribution in [0.2, 0.25) is 0 Å². The molecule has 4 aliphatic rings. The van der Waals surface area contributed by atoms with Gasteiger partial charge in [0, 0.05) is 4.47 Å². The normalized spacial score (nSPS) is 35.8. The Balaban J connectivity index is 1.44. The summed E-state index contributed by atoms with van der Waals surface area (Å²) in [6.45, 7) is 0. The summed E-state index contributed by atoms with van der Waals surface area (Å²) in [5.41, 5.74) is 1.10. The zero-order valence-electron chi connectivity index (χ0n) is 12.4. The van der Waals surface area contributed by atoms with Crippen molar-refractivity contribution in [3.05, 3.63) is 46.5 Å². The number of nitrogens with zero attached hydrogens (tertiary/aromatic N) is 2. The number of carbonyl (C=O) groups excluding carboxylic acids is 2. The highest BCUT2D eigenvalue weighted by molar-refractivity contribution is 9.10. The molecular formula is C18H15BrN2O2. The first-order valence-corrected chi connectivity index (χ1v) is 8.77. The Morgan fingerprint density at radius 2 is 1.78 bits per heavy atom. The van der Waals surface area contributed by atoms with Crippen molar-refractivity contribution in [2.75, 3.05) is 0 Å². The molecule has 3 fully saturated rings. The van der Waals surface area contributed by atoms with Gasteiger partial charge in [-0.3, -0.25) is 9.59 Å². The van der Waals surface area contributed by atoms with E-state index in [2.05, 4.69) is 33.2 Å². The average Bonchev–Trinajstić information content (AvgIpc) is 3.13. The number of fused-ring (bicyclic) bond motifs is 3. The fourth-order valence-electron chi connectivity index (χ4n) is 4.89. The van der Waals surface area contributed by atoms with Gasteiger partial charge >= 0.3 is 0 Å². The van der Waals surface area contributed by atoms with Gasteiger partial charge in [0.25, 0.3) is 11.8 Å². The van der Waals surface area contributed by atoms with E-state index in [0.29, 0.717) is 0 Å². The van der Waals surface area contributed by atoms with Crippen LogP contribution in [0.4, 0.5) is 0 Å². The molecular weight excluding hydrogens is 356 g/mol. The third-order valence-electron chi connectivity index (χ3n) is 6.00. The third kappa shape index (κ3) is 1.69. The Bertz CT molecular complexity index is 762. The van der Waals surface area contributed by atoms with Crippen LogP contribution in [-0.2, 0) is 9.59 Å². The van der Waals surface area contributed by atoms with Crippen molar-refractivity contribution in [1.82, 2.24) is 5.01 Å². The molecule has 0 N–H and O–H groups in total. The molecule has 2 amide bonds. The second-order valence-electron chi connectivity index (χ2n) is 7.01. The van der Waals surface area contributed by atoms with E-state index in [9.17, 15) is 9.59 Å². The van der Waals surface area contributed by atoms with Crippen molar-refractivity contribution in [1.29, 1.82) is 0 Å². The maximum absolute atomic E-state index is 12.7. The van der Waals surface area contributed by atoms with Gasteiger partial charge in [0.2, 0.25) is 0 Å². The van der Waals surface area contributed by atoms with Crippen molar-refractivity contribution in [3.8, 4) is 0 Å². The number of carbonyl (C=O) groups is 2. The van der Waals surface area contributed by atoms with Crippen molar-refractivity contribution >= 4 is 34.0 Å². The molecule has 4 nitrogen and oxygen atoms in total. The molecule has 0 unspecified atom stereocenters. The predicted octanol–water partition coefficient (Wildman–Crippen LogP) is 2.98. The molecule has 0 radical (unpaired) electrons. The Morgan fingerprint density at radius 1 is 1.13 bits per heavy atom. The van der Waals surface area contributed by atoms with Crippen LogP contribution in [-0.4, -0.2) is 23.0 Å². The van der Waals surface area contributed by atoms with E-state index in [-0.39, 0.29) is 40.9 Å².